The van der Waals surface area contributed by atoms with E-state index >= 15 is 0 Å². The number of furan rings is 1. The van der Waals surface area contributed by atoms with Crippen LogP contribution in [-0.4, -0.2) is 17.1 Å². The van der Waals surface area contributed by atoms with Crippen LogP contribution in [0.15, 0.2) is 96.9 Å². The van der Waals surface area contributed by atoms with Crippen molar-refractivity contribution >= 4 is 44.9 Å². The van der Waals surface area contributed by atoms with E-state index in [1.807, 2.05) is 61.5 Å². The van der Waals surface area contributed by atoms with Gasteiger partial charge in [0, 0.05) is 11.8 Å². The Morgan fingerprint density at radius 1 is 1.17 bits per heavy atom. The molecule has 0 saturated carbocycles. The molecule has 0 aliphatic carbocycles. The highest BCUT2D eigenvalue weighted by molar-refractivity contribution is 9.10. The van der Waals surface area contributed by atoms with E-state index in [-0.39, 0.29) is 11.5 Å². The molecule has 182 valence electrons. The van der Waals surface area contributed by atoms with Crippen LogP contribution in [0.4, 0.5) is 5.69 Å². The van der Waals surface area contributed by atoms with E-state index in [2.05, 4.69) is 26.2 Å². The molecule has 0 saturated heterocycles. The van der Waals surface area contributed by atoms with E-state index in [1.165, 1.54) is 11.3 Å². The number of halogens is 1. The van der Waals surface area contributed by atoms with Gasteiger partial charge in [-0.1, -0.05) is 41.7 Å². The smallest absolute Gasteiger partial charge is 0.271 e. The van der Waals surface area contributed by atoms with Crippen molar-refractivity contribution in [2.45, 2.75) is 19.9 Å². The minimum Gasteiger partial charge on any atom is -0.494 e. The van der Waals surface area contributed by atoms with Gasteiger partial charge in [-0.2, -0.15) is 0 Å². The average molecular weight is 564 g/mol. The first-order chi connectivity index (χ1) is 17.4. The van der Waals surface area contributed by atoms with Crippen LogP contribution in [0, 0.1) is 0 Å². The number of amides is 1. The number of benzene rings is 2. The molecule has 0 bridgehead atoms. The molecule has 1 unspecified atom stereocenters. The Balaban J connectivity index is 1.66. The minimum atomic E-state index is -0.661. The van der Waals surface area contributed by atoms with Crippen molar-refractivity contribution < 1.29 is 13.9 Å². The summed E-state index contributed by atoms with van der Waals surface area (Å²) in [7, 11) is 0. The Hall–Kier alpha value is -3.69. The number of ether oxygens (including phenoxy) is 1. The van der Waals surface area contributed by atoms with Gasteiger partial charge in [-0.15, -0.1) is 0 Å². The Kier molecular flexibility index (Phi) is 6.75. The molecule has 5 rings (SSSR count). The fourth-order valence-corrected chi connectivity index (χ4v) is 5.44. The fourth-order valence-electron chi connectivity index (χ4n) is 4.10. The van der Waals surface area contributed by atoms with Crippen LogP contribution < -0.4 is 24.9 Å². The fraction of sp³-hybridized carbons (Fsp3) is 0.148. The summed E-state index contributed by atoms with van der Waals surface area (Å²) >= 11 is 4.55. The largest absolute Gasteiger partial charge is 0.494 e. The second kappa shape index (κ2) is 10.1. The first-order valence-corrected chi connectivity index (χ1v) is 12.9. The lowest BCUT2D eigenvalue weighted by atomic mass is 9.95. The molecule has 0 radical (unpaired) electrons. The monoisotopic (exact) mass is 563 g/mol. The summed E-state index contributed by atoms with van der Waals surface area (Å²) < 4.78 is 13.8. The molecule has 9 heteroatoms. The molecule has 4 aromatic rings. The van der Waals surface area contributed by atoms with Crippen LogP contribution in [0.2, 0.25) is 0 Å². The minimum absolute atomic E-state index is 0.248. The van der Waals surface area contributed by atoms with E-state index in [9.17, 15) is 9.59 Å². The molecule has 0 fully saturated rings. The van der Waals surface area contributed by atoms with Gasteiger partial charge >= 0.3 is 0 Å². The molecule has 1 atom stereocenters. The number of hydrogen-bond acceptors (Lipinski definition) is 6. The highest BCUT2D eigenvalue weighted by Crippen LogP contribution is 2.31. The SMILES string of the molecule is CCOc1ccc(C2C(C(=O)Nc3ccccc3)=C(C)N=c3s/c(=C\c4ccc(Br)o4)c(=O)n32)cc1. The number of aromatic nitrogens is 1. The summed E-state index contributed by atoms with van der Waals surface area (Å²) in [4.78, 5) is 32.4. The van der Waals surface area contributed by atoms with Crippen LogP contribution in [0.1, 0.15) is 31.2 Å². The number of anilines is 1. The standard InChI is InChI=1S/C27H22BrN3O4S/c1-3-34-19-11-9-17(10-12-19)24-23(25(32)30-18-7-5-4-6-8-18)16(2)29-27-31(24)26(33)21(36-27)15-20-13-14-22(28)35-20/h4-15,24H,3H2,1-2H3,(H,30,32)/b21-15-. The number of para-hydroxylation sites is 1. The van der Waals surface area contributed by atoms with Gasteiger partial charge in [0.1, 0.15) is 11.5 Å². The number of nitrogens with one attached hydrogen (secondary N) is 1. The number of thiazole rings is 1. The van der Waals surface area contributed by atoms with Crippen LogP contribution in [-0.2, 0) is 4.79 Å². The summed E-state index contributed by atoms with van der Waals surface area (Å²) in [6.07, 6.45) is 1.69. The van der Waals surface area contributed by atoms with E-state index < -0.39 is 6.04 Å². The zero-order valence-corrected chi connectivity index (χ0v) is 21.9. The first-order valence-electron chi connectivity index (χ1n) is 11.3. The second-order valence-corrected chi connectivity index (χ2v) is 9.84. The maximum atomic E-state index is 13.7. The van der Waals surface area contributed by atoms with Crippen LogP contribution in [0.5, 0.6) is 5.75 Å². The third-order valence-electron chi connectivity index (χ3n) is 5.67. The lowest BCUT2D eigenvalue weighted by Crippen LogP contribution is -2.40. The molecule has 2 aromatic carbocycles. The van der Waals surface area contributed by atoms with Gasteiger partial charge in [0.2, 0.25) is 0 Å². The van der Waals surface area contributed by atoms with Gasteiger partial charge in [0.05, 0.1) is 28.5 Å². The molecular weight excluding hydrogens is 542 g/mol. The molecule has 3 heterocycles. The highest BCUT2D eigenvalue weighted by Gasteiger charge is 2.32. The molecule has 0 spiro atoms. The quantitative estimate of drug-likeness (QED) is 0.370. The third-order valence-corrected chi connectivity index (χ3v) is 7.08. The van der Waals surface area contributed by atoms with E-state index in [0.29, 0.717) is 49.1 Å². The van der Waals surface area contributed by atoms with E-state index in [1.54, 1.807) is 29.7 Å². The lowest BCUT2D eigenvalue weighted by molar-refractivity contribution is -0.113. The normalized spacial score (nSPS) is 15.4. The Bertz CT molecular complexity index is 1630. The molecule has 1 aliphatic heterocycles. The topological polar surface area (TPSA) is 85.8 Å². The van der Waals surface area contributed by atoms with Crippen LogP contribution in [0.25, 0.3) is 6.08 Å². The van der Waals surface area contributed by atoms with E-state index in [4.69, 9.17) is 9.15 Å². The van der Waals surface area contributed by atoms with Crippen LogP contribution in [0.3, 0.4) is 0 Å². The van der Waals surface area contributed by atoms with Crippen molar-refractivity contribution in [2.24, 2.45) is 4.99 Å². The summed E-state index contributed by atoms with van der Waals surface area (Å²) in [6.45, 7) is 4.26. The Labute approximate surface area is 219 Å². The van der Waals surface area contributed by atoms with Gasteiger partial charge in [-0.25, -0.2) is 4.99 Å². The molecule has 1 N–H and O–H groups in total. The summed E-state index contributed by atoms with van der Waals surface area (Å²) in [5, 5.41) is 2.95. The molecular formula is C27H22BrN3O4S. The van der Waals surface area contributed by atoms with E-state index in [0.717, 1.165) is 5.56 Å². The number of allylic oxidation sites excluding steroid dienone is 1. The zero-order chi connectivity index (χ0) is 25.2. The number of fused-ring (bicyclic) bond motifs is 1. The number of carbonyl (C=O) groups is 1. The van der Waals surface area contributed by atoms with Crippen LogP contribution >= 0.6 is 27.3 Å². The Morgan fingerprint density at radius 2 is 1.92 bits per heavy atom. The summed E-state index contributed by atoms with van der Waals surface area (Å²) in [5.41, 5.74) is 2.15. The van der Waals surface area contributed by atoms with Gasteiger partial charge in [-0.3, -0.25) is 14.2 Å². The van der Waals surface area contributed by atoms with Crippen molar-refractivity contribution in [1.82, 2.24) is 4.57 Å². The summed E-state index contributed by atoms with van der Waals surface area (Å²) in [6, 6.07) is 19.5. The van der Waals surface area contributed by atoms with Crippen molar-refractivity contribution in [3.05, 3.63) is 114 Å². The average Bonchev–Trinajstić information content (AvgIpc) is 3.41. The number of rotatable bonds is 6. The molecule has 2 aromatic heterocycles. The van der Waals surface area contributed by atoms with Crippen molar-refractivity contribution in [2.75, 3.05) is 11.9 Å². The number of carbonyl (C=O) groups excluding carboxylic acids is 1. The van der Waals surface area contributed by atoms with Crippen molar-refractivity contribution in [1.29, 1.82) is 0 Å². The maximum Gasteiger partial charge on any atom is 0.271 e. The van der Waals surface area contributed by atoms with Gasteiger partial charge in [0.15, 0.2) is 9.47 Å². The maximum absolute atomic E-state index is 13.7. The number of nitrogens with zero attached hydrogens (tertiary/aromatic N) is 2. The third kappa shape index (κ3) is 4.72. The van der Waals surface area contributed by atoms with Gasteiger partial charge in [-0.05, 0) is 71.7 Å². The first kappa shape index (κ1) is 24.0. The predicted molar refractivity (Wildman–Crippen MR) is 143 cm³/mol. The summed E-state index contributed by atoms with van der Waals surface area (Å²) in [5.74, 6) is 0.945. The molecule has 1 amide bonds. The second-order valence-electron chi connectivity index (χ2n) is 8.05. The van der Waals surface area contributed by atoms with Crippen molar-refractivity contribution in [3.63, 3.8) is 0 Å². The number of hydrogen-bond donors (Lipinski definition) is 1. The van der Waals surface area contributed by atoms with Crippen molar-refractivity contribution in [3.8, 4) is 5.75 Å². The van der Waals surface area contributed by atoms with Gasteiger partial charge in [0.25, 0.3) is 11.5 Å². The predicted octanol–water partition coefficient (Wildman–Crippen LogP) is 4.63. The Morgan fingerprint density at radius 3 is 2.58 bits per heavy atom. The zero-order valence-electron chi connectivity index (χ0n) is 19.5. The molecule has 1 aliphatic rings. The molecule has 36 heavy (non-hydrogen) atoms. The molecule has 7 nitrogen and oxygen atoms in total. The lowest BCUT2D eigenvalue weighted by Gasteiger charge is -2.25. The highest BCUT2D eigenvalue weighted by atomic mass is 79.9. The van der Waals surface area contributed by atoms with Gasteiger partial charge < -0.3 is 14.5 Å².